The van der Waals surface area contributed by atoms with Crippen LogP contribution in [0.2, 0.25) is 0 Å². The SMILES string of the molecule is CC(C)C[C@H](NC(=O)[C@H](CC(C)C)NC(=O)[C@@H]1CCCN1C(=O)[C@H](C)NC(=O)[C@H](CCCCN)NC(=O)[C@H](C)NC(=O)[C@@H]1CCCN1C(=O)[C@H](Cc1ccccc1)NC(=O)[C@@H](N)CCCN=C(N)N)C(=O)O. The van der Waals surface area contributed by atoms with E-state index < -0.39 is 108 Å². The average Bonchev–Trinajstić information content (AvgIpc) is 4.03. The molecule has 72 heavy (non-hydrogen) atoms. The molecule has 0 aliphatic carbocycles. The third-order valence-corrected chi connectivity index (χ3v) is 12.6. The van der Waals surface area contributed by atoms with Gasteiger partial charge in [0.15, 0.2) is 5.96 Å². The summed E-state index contributed by atoms with van der Waals surface area (Å²) in [7, 11) is 0. The number of likely N-dealkylation sites (tertiary alicyclic amines) is 2. The zero-order valence-electron chi connectivity index (χ0n) is 42.8. The van der Waals surface area contributed by atoms with Crippen LogP contribution in [0, 0.1) is 11.8 Å². The summed E-state index contributed by atoms with van der Waals surface area (Å²) in [5.74, 6) is -6.19. The number of amides is 8. The fourth-order valence-corrected chi connectivity index (χ4v) is 8.78. The minimum Gasteiger partial charge on any atom is -0.480 e. The first kappa shape index (κ1) is 59.9. The van der Waals surface area contributed by atoms with Crippen molar-refractivity contribution in [3.8, 4) is 0 Å². The molecule has 0 bridgehead atoms. The summed E-state index contributed by atoms with van der Waals surface area (Å²) in [5.41, 5.74) is 23.4. The van der Waals surface area contributed by atoms with Gasteiger partial charge in [-0.05, 0) is 108 Å². The van der Waals surface area contributed by atoms with Crippen molar-refractivity contribution >= 4 is 59.2 Å². The molecule has 0 radical (unpaired) electrons. The van der Waals surface area contributed by atoms with Crippen molar-refractivity contribution in [2.75, 3.05) is 26.2 Å². The summed E-state index contributed by atoms with van der Waals surface area (Å²) in [6.45, 7) is 11.3. The van der Waals surface area contributed by atoms with E-state index in [1.807, 2.05) is 45.9 Å². The van der Waals surface area contributed by atoms with Gasteiger partial charge in [0.05, 0.1) is 6.04 Å². The van der Waals surface area contributed by atoms with Gasteiger partial charge in [0.2, 0.25) is 47.3 Å². The topological polar surface area (TPSA) is 369 Å². The smallest absolute Gasteiger partial charge is 0.326 e. The molecule has 23 nitrogen and oxygen atoms in total. The van der Waals surface area contributed by atoms with Crippen molar-refractivity contribution in [3.05, 3.63) is 35.9 Å². The highest BCUT2D eigenvalue weighted by Gasteiger charge is 2.41. The second kappa shape index (κ2) is 29.9. The summed E-state index contributed by atoms with van der Waals surface area (Å²) in [4.78, 5) is 128. The minimum atomic E-state index is -1.19. The Morgan fingerprint density at radius 2 is 1.17 bits per heavy atom. The molecule has 2 aliphatic heterocycles. The van der Waals surface area contributed by atoms with Crippen molar-refractivity contribution < 1.29 is 48.3 Å². The van der Waals surface area contributed by atoms with Crippen LogP contribution in [0.3, 0.4) is 0 Å². The number of carboxylic acids is 1. The summed E-state index contributed by atoms with van der Waals surface area (Å²) in [6.07, 6.45) is 3.83. The predicted molar refractivity (Wildman–Crippen MR) is 270 cm³/mol. The lowest BCUT2D eigenvalue weighted by atomic mass is 10.00. The van der Waals surface area contributed by atoms with Crippen molar-refractivity contribution in [1.82, 2.24) is 41.7 Å². The first-order valence-corrected chi connectivity index (χ1v) is 25.2. The molecule has 23 heteroatoms. The van der Waals surface area contributed by atoms with E-state index in [2.05, 4.69) is 36.9 Å². The van der Waals surface area contributed by atoms with Gasteiger partial charge in [-0.2, -0.15) is 0 Å². The number of carbonyl (C=O) groups excluding carboxylic acids is 8. The number of unbranched alkanes of at least 4 members (excludes halogenated alkanes) is 1. The zero-order valence-corrected chi connectivity index (χ0v) is 42.8. The Balaban J connectivity index is 1.68. The van der Waals surface area contributed by atoms with Gasteiger partial charge in [-0.1, -0.05) is 58.0 Å². The van der Waals surface area contributed by atoms with Crippen LogP contribution in [-0.2, 0) is 49.6 Å². The number of nitrogens with two attached hydrogens (primary N) is 4. The maximum absolute atomic E-state index is 14.2. The molecule has 1 aromatic rings. The predicted octanol–water partition coefficient (Wildman–Crippen LogP) is -1.15. The lowest BCUT2D eigenvalue weighted by Gasteiger charge is -2.30. The molecule has 2 aliphatic rings. The minimum absolute atomic E-state index is 0.0191. The third-order valence-electron chi connectivity index (χ3n) is 12.6. The molecule has 15 N–H and O–H groups in total. The zero-order chi connectivity index (χ0) is 53.7. The van der Waals surface area contributed by atoms with Gasteiger partial charge >= 0.3 is 5.97 Å². The van der Waals surface area contributed by atoms with Gasteiger partial charge in [0, 0.05) is 26.1 Å². The number of carboxylic acid groups (broad SMARTS) is 1. The van der Waals surface area contributed by atoms with Crippen molar-refractivity contribution in [2.24, 2.45) is 39.8 Å². The van der Waals surface area contributed by atoms with Gasteiger partial charge in [0.25, 0.3) is 0 Å². The van der Waals surface area contributed by atoms with Crippen molar-refractivity contribution in [3.63, 3.8) is 0 Å². The first-order valence-electron chi connectivity index (χ1n) is 25.2. The number of nitrogens with zero attached hydrogens (tertiary/aromatic N) is 3. The van der Waals surface area contributed by atoms with E-state index in [4.69, 9.17) is 22.9 Å². The molecule has 0 aromatic heterocycles. The van der Waals surface area contributed by atoms with Crippen LogP contribution < -0.4 is 54.8 Å². The van der Waals surface area contributed by atoms with E-state index >= 15 is 0 Å². The highest BCUT2D eigenvalue weighted by atomic mass is 16.4. The van der Waals surface area contributed by atoms with Crippen LogP contribution in [0.15, 0.2) is 35.3 Å². The van der Waals surface area contributed by atoms with Gasteiger partial charge < -0.3 is 69.7 Å². The Bertz CT molecular complexity index is 2040. The van der Waals surface area contributed by atoms with Gasteiger partial charge in [-0.15, -0.1) is 0 Å². The number of carbonyl (C=O) groups is 9. The summed E-state index contributed by atoms with van der Waals surface area (Å²) >= 11 is 0. The Hall–Kier alpha value is -6.36. The third kappa shape index (κ3) is 19.3. The Kier molecular flexibility index (Phi) is 24.9. The Morgan fingerprint density at radius 3 is 1.74 bits per heavy atom. The maximum Gasteiger partial charge on any atom is 0.326 e. The monoisotopic (exact) mass is 1010 g/mol. The van der Waals surface area contributed by atoms with Crippen LogP contribution in [-0.4, -0.2) is 155 Å². The Labute approximate surface area is 422 Å². The maximum atomic E-state index is 14.2. The molecule has 2 saturated heterocycles. The van der Waals surface area contributed by atoms with E-state index in [1.54, 1.807) is 12.1 Å². The molecule has 8 amide bonds. The van der Waals surface area contributed by atoms with Crippen LogP contribution in [0.25, 0.3) is 0 Å². The van der Waals surface area contributed by atoms with Crippen LogP contribution >= 0.6 is 0 Å². The molecule has 3 rings (SSSR count). The molecule has 0 unspecified atom stereocenters. The normalized spacial score (nSPS) is 18.4. The van der Waals surface area contributed by atoms with Gasteiger partial charge in [-0.25, -0.2) is 4.79 Å². The fraction of sp³-hybridized carbons (Fsp3) is 0.673. The largest absolute Gasteiger partial charge is 0.480 e. The first-order chi connectivity index (χ1) is 34.0. The quantitative estimate of drug-likeness (QED) is 0.0257. The molecule has 402 valence electrons. The average molecular weight is 1010 g/mol. The Morgan fingerprint density at radius 1 is 0.625 bits per heavy atom. The highest BCUT2D eigenvalue weighted by molar-refractivity contribution is 5.98. The van der Waals surface area contributed by atoms with Crippen molar-refractivity contribution in [1.29, 1.82) is 0 Å². The van der Waals surface area contributed by atoms with Crippen molar-refractivity contribution in [2.45, 2.75) is 173 Å². The summed E-state index contributed by atoms with van der Waals surface area (Å²) < 4.78 is 0. The molecule has 0 spiro atoms. The number of rotatable bonds is 29. The summed E-state index contributed by atoms with van der Waals surface area (Å²) in [6, 6.07) is -0.596. The molecule has 0 saturated carbocycles. The van der Waals surface area contributed by atoms with Crippen LogP contribution in [0.1, 0.15) is 118 Å². The highest BCUT2D eigenvalue weighted by Crippen LogP contribution is 2.22. The summed E-state index contributed by atoms with van der Waals surface area (Å²) in [5, 5.41) is 25.8. The van der Waals surface area contributed by atoms with Crippen LogP contribution in [0.4, 0.5) is 0 Å². The van der Waals surface area contributed by atoms with Gasteiger partial charge in [-0.3, -0.25) is 43.3 Å². The number of aliphatic carboxylic acids is 1. The number of hydrogen-bond acceptors (Lipinski definition) is 12. The number of guanidine groups is 1. The lowest BCUT2D eigenvalue weighted by Crippen LogP contribution is -2.59. The number of hydrogen-bond donors (Lipinski definition) is 11. The molecular formula is C49H81N13O10. The van der Waals surface area contributed by atoms with Gasteiger partial charge in [0.1, 0.15) is 48.3 Å². The second-order valence-electron chi connectivity index (χ2n) is 19.7. The number of benzene rings is 1. The van der Waals surface area contributed by atoms with E-state index in [0.717, 1.165) is 5.56 Å². The number of nitrogens with one attached hydrogen (secondary N) is 6. The molecule has 2 heterocycles. The number of aliphatic imine (C=N–C) groups is 1. The molecule has 9 atom stereocenters. The van der Waals surface area contributed by atoms with E-state index in [1.165, 1.54) is 23.6 Å². The lowest BCUT2D eigenvalue weighted by molar-refractivity contribution is -0.144. The molecular weight excluding hydrogens is 931 g/mol. The van der Waals surface area contributed by atoms with E-state index in [9.17, 15) is 48.3 Å². The second-order valence-corrected chi connectivity index (χ2v) is 19.7. The fourth-order valence-electron chi connectivity index (χ4n) is 8.78. The molecule has 1 aromatic carbocycles. The molecule has 2 fully saturated rings. The van der Waals surface area contributed by atoms with Crippen LogP contribution in [0.5, 0.6) is 0 Å². The van der Waals surface area contributed by atoms with E-state index in [-0.39, 0.29) is 82.4 Å². The van der Waals surface area contributed by atoms with E-state index in [0.29, 0.717) is 38.6 Å². The standard InChI is InChI=1S/C49H81N13O10/c1-28(2)25-35(43(66)60-37(48(71)72)26-29(3)4)58-45(68)39-20-13-23-61(39)46(69)31(6)56-42(65)34(18-10-11-21-50)57-40(63)30(5)55-44(67)38-19-14-24-62(38)47(70)36(27-32-15-8-7-9-16-32)59-41(64)33(51)17-12-22-54-49(52)53/h7-9,15-16,28-31,33-39H,10-14,17-27,50-51H2,1-6H3,(H,55,67)(H,56,65)(H,57,63)(H,58,68)(H,59,64)(H,60,66)(H,71,72)(H4,52,53,54)/t30-,31-,33-,34-,35-,36-,37-,38-,39-/m0/s1.